The number of methoxy groups -OCH3 is 1. The number of aliphatic hydroxyl groups is 1. The molecule has 2 aromatic rings. The number of carbonyl (C=O) groups is 2. The summed E-state index contributed by atoms with van der Waals surface area (Å²) in [4.78, 5) is 30.2. The molecule has 37 heavy (non-hydrogen) atoms. The van der Waals surface area contributed by atoms with Crippen molar-refractivity contribution in [3.05, 3.63) is 64.2 Å². The molecule has 0 radical (unpaired) electrons. The van der Waals surface area contributed by atoms with Crippen LogP contribution in [0.4, 0.5) is 0 Å². The summed E-state index contributed by atoms with van der Waals surface area (Å²) in [5.74, 6) is -0.291. The Balaban J connectivity index is 2.09. The zero-order valence-electron chi connectivity index (χ0n) is 23.0. The van der Waals surface area contributed by atoms with Crippen molar-refractivity contribution in [2.24, 2.45) is 0 Å². The van der Waals surface area contributed by atoms with Crippen LogP contribution in [-0.2, 0) is 9.59 Å². The van der Waals surface area contributed by atoms with Crippen LogP contribution < -0.4 is 9.47 Å². The lowest BCUT2D eigenvalue weighted by atomic mass is 9.93. The van der Waals surface area contributed by atoms with E-state index in [4.69, 9.17) is 9.47 Å². The van der Waals surface area contributed by atoms with Crippen molar-refractivity contribution >= 4 is 17.4 Å². The van der Waals surface area contributed by atoms with E-state index in [2.05, 4.69) is 6.92 Å². The number of rotatable bonds is 12. The molecule has 2 aromatic carbocycles. The van der Waals surface area contributed by atoms with Gasteiger partial charge >= 0.3 is 0 Å². The standard InChI is InChI=1S/C30H40N2O5/c1-7-8-9-17-37-24-14-13-22(19-25(24)36-6)27-26(28(33)23-18-20(2)11-12-21(23)3)29(34)30(35)32(27)16-10-15-31(4)5/h11-14,18-19,27,33H,7-10,15-17H2,1-6H3/b28-26+. The van der Waals surface area contributed by atoms with Crippen LogP contribution in [0.3, 0.4) is 0 Å². The number of carbonyl (C=O) groups excluding carboxylic acids is 2. The van der Waals surface area contributed by atoms with Gasteiger partial charge in [-0.25, -0.2) is 0 Å². The van der Waals surface area contributed by atoms with E-state index in [1.807, 2.05) is 63.2 Å². The Morgan fingerprint density at radius 2 is 1.78 bits per heavy atom. The van der Waals surface area contributed by atoms with E-state index in [-0.39, 0.29) is 11.3 Å². The number of ether oxygens (including phenoxy) is 2. The van der Waals surface area contributed by atoms with Gasteiger partial charge in [-0.15, -0.1) is 0 Å². The summed E-state index contributed by atoms with van der Waals surface area (Å²) >= 11 is 0. The van der Waals surface area contributed by atoms with Crippen molar-refractivity contribution in [1.29, 1.82) is 0 Å². The predicted octanol–water partition coefficient (Wildman–Crippen LogP) is 5.25. The maximum Gasteiger partial charge on any atom is 0.295 e. The summed E-state index contributed by atoms with van der Waals surface area (Å²) in [5.41, 5.74) is 3.12. The molecule has 1 unspecified atom stereocenters. The minimum absolute atomic E-state index is 0.0993. The second-order valence-corrected chi connectivity index (χ2v) is 9.93. The fraction of sp³-hybridized carbons (Fsp3) is 0.467. The number of hydrogen-bond donors (Lipinski definition) is 1. The van der Waals surface area contributed by atoms with Crippen LogP contribution in [-0.4, -0.2) is 67.5 Å². The maximum absolute atomic E-state index is 13.4. The Labute approximate surface area is 220 Å². The number of amides is 1. The Bertz CT molecular complexity index is 1150. The molecule has 1 heterocycles. The molecule has 0 aliphatic carbocycles. The van der Waals surface area contributed by atoms with Gasteiger partial charge in [0.1, 0.15) is 5.76 Å². The van der Waals surface area contributed by atoms with E-state index < -0.39 is 17.7 Å². The maximum atomic E-state index is 13.4. The highest BCUT2D eigenvalue weighted by Crippen LogP contribution is 2.42. The molecule has 0 bridgehead atoms. The molecule has 0 aromatic heterocycles. The van der Waals surface area contributed by atoms with E-state index in [0.29, 0.717) is 42.2 Å². The molecule has 1 aliphatic rings. The number of nitrogens with zero attached hydrogens (tertiary/aromatic N) is 2. The number of aliphatic hydroxyl groups excluding tert-OH is 1. The largest absolute Gasteiger partial charge is 0.507 e. The van der Waals surface area contributed by atoms with Crippen molar-refractivity contribution in [3.63, 3.8) is 0 Å². The molecule has 1 N–H and O–H groups in total. The highest BCUT2D eigenvalue weighted by Gasteiger charge is 2.46. The summed E-state index contributed by atoms with van der Waals surface area (Å²) < 4.78 is 11.6. The third-order valence-corrected chi connectivity index (χ3v) is 6.70. The summed E-state index contributed by atoms with van der Waals surface area (Å²) in [6.07, 6.45) is 3.82. The van der Waals surface area contributed by atoms with Gasteiger partial charge in [0.15, 0.2) is 11.5 Å². The number of Topliss-reactive ketones (excluding diaryl/α,β-unsaturated/α-hetero) is 1. The van der Waals surface area contributed by atoms with Crippen molar-refractivity contribution in [3.8, 4) is 11.5 Å². The SMILES string of the molecule is CCCCCOc1ccc(C2/C(=C(\O)c3cc(C)ccc3C)C(=O)C(=O)N2CCCN(C)C)cc1OC. The average molecular weight is 509 g/mol. The molecule has 7 nitrogen and oxygen atoms in total. The van der Waals surface area contributed by atoms with Crippen molar-refractivity contribution < 1.29 is 24.2 Å². The van der Waals surface area contributed by atoms with Crippen LogP contribution in [0, 0.1) is 13.8 Å². The van der Waals surface area contributed by atoms with Gasteiger partial charge < -0.3 is 24.4 Å². The molecule has 7 heteroatoms. The van der Waals surface area contributed by atoms with Crippen molar-refractivity contribution in [2.75, 3.05) is 40.9 Å². The first-order chi connectivity index (χ1) is 17.7. The summed E-state index contributed by atoms with van der Waals surface area (Å²) in [7, 11) is 5.51. The molecule has 1 saturated heterocycles. The average Bonchev–Trinajstić information content (AvgIpc) is 3.12. The zero-order chi connectivity index (χ0) is 27.1. The van der Waals surface area contributed by atoms with Crippen LogP contribution >= 0.6 is 0 Å². The molecule has 1 fully saturated rings. The fourth-order valence-corrected chi connectivity index (χ4v) is 4.66. The van der Waals surface area contributed by atoms with E-state index in [1.165, 1.54) is 0 Å². The van der Waals surface area contributed by atoms with Gasteiger partial charge in [-0.3, -0.25) is 9.59 Å². The second kappa shape index (κ2) is 12.8. The Morgan fingerprint density at radius 3 is 2.46 bits per heavy atom. The fourth-order valence-electron chi connectivity index (χ4n) is 4.66. The van der Waals surface area contributed by atoms with E-state index in [9.17, 15) is 14.7 Å². The van der Waals surface area contributed by atoms with Crippen molar-refractivity contribution in [1.82, 2.24) is 9.80 Å². The molecule has 1 amide bonds. The minimum Gasteiger partial charge on any atom is -0.507 e. The van der Waals surface area contributed by atoms with Crippen LogP contribution in [0.15, 0.2) is 42.0 Å². The first kappa shape index (κ1) is 28.3. The number of hydrogen-bond acceptors (Lipinski definition) is 6. The number of aryl methyl sites for hydroxylation is 2. The highest BCUT2D eigenvalue weighted by molar-refractivity contribution is 6.46. The first-order valence-electron chi connectivity index (χ1n) is 13.0. The Hall–Kier alpha value is -3.32. The molecule has 0 spiro atoms. The molecule has 200 valence electrons. The zero-order valence-corrected chi connectivity index (χ0v) is 23.0. The van der Waals surface area contributed by atoms with Crippen molar-refractivity contribution in [2.45, 2.75) is 52.5 Å². The van der Waals surface area contributed by atoms with Crippen LogP contribution in [0.5, 0.6) is 11.5 Å². The topological polar surface area (TPSA) is 79.3 Å². The lowest BCUT2D eigenvalue weighted by molar-refractivity contribution is -0.139. The number of likely N-dealkylation sites (tertiary alicyclic amines) is 1. The van der Waals surface area contributed by atoms with Gasteiger partial charge in [-0.05, 0) is 76.7 Å². The van der Waals surface area contributed by atoms with Gasteiger partial charge in [-0.1, -0.05) is 43.5 Å². The summed E-state index contributed by atoms with van der Waals surface area (Å²) in [5, 5.41) is 11.4. The van der Waals surface area contributed by atoms with Gasteiger partial charge in [0, 0.05) is 12.1 Å². The Morgan fingerprint density at radius 1 is 1.03 bits per heavy atom. The molecule has 3 rings (SSSR count). The Kier molecular flexibility index (Phi) is 9.75. The second-order valence-electron chi connectivity index (χ2n) is 9.93. The third-order valence-electron chi connectivity index (χ3n) is 6.70. The molecular formula is C30H40N2O5. The van der Waals surface area contributed by atoms with Gasteiger partial charge in [0.2, 0.25) is 0 Å². The normalized spacial score (nSPS) is 17.1. The minimum atomic E-state index is -0.731. The molecular weight excluding hydrogens is 468 g/mol. The monoisotopic (exact) mass is 508 g/mol. The van der Waals surface area contributed by atoms with Crippen LogP contribution in [0.25, 0.3) is 5.76 Å². The van der Waals surface area contributed by atoms with E-state index in [0.717, 1.165) is 36.9 Å². The van der Waals surface area contributed by atoms with Gasteiger partial charge in [-0.2, -0.15) is 0 Å². The number of benzene rings is 2. The van der Waals surface area contributed by atoms with Crippen LogP contribution in [0.1, 0.15) is 60.9 Å². The lowest BCUT2D eigenvalue weighted by Gasteiger charge is -2.26. The molecule has 1 aliphatic heterocycles. The van der Waals surface area contributed by atoms with E-state index >= 15 is 0 Å². The smallest absolute Gasteiger partial charge is 0.295 e. The summed E-state index contributed by atoms with van der Waals surface area (Å²) in [6.45, 7) is 7.68. The van der Waals surface area contributed by atoms with E-state index in [1.54, 1.807) is 18.1 Å². The first-order valence-corrected chi connectivity index (χ1v) is 13.0. The molecule has 0 saturated carbocycles. The predicted molar refractivity (Wildman–Crippen MR) is 146 cm³/mol. The van der Waals surface area contributed by atoms with Gasteiger partial charge in [0.05, 0.1) is 25.3 Å². The number of ketones is 1. The number of unbranched alkanes of at least 4 members (excludes halogenated alkanes) is 2. The quantitative estimate of drug-likeness (QED) is 0.182. The van der Waals surface area contributed by atoms with Crippen LogP contribution in [0.2, 0.25) is 0 Å². The van der Waals surface area contributed by atoms with Gasteiger partial charge in [0.25, 0.3) is 11.7 Å². The third kappa shape index (κ3) is 6.52. The highest BCUT2D eigenvalue weighted by atomic mass is 16.5. The molecule has 1 atom stereocenters. The summed E-state index contributed by atoms with van der Waals surface area (Å²) in [6, 6.07) is 10.4. The lowest BCUT2D eigenvalue weighted by Crippen LogP contribution is -2.32.